The second-order valence-corrected chi connectivity index (χ2v) is 29.7. The Morgan fingerprint density at radius 3 is 1.22 bits per heavy atom. The van der Waals surface area contributed by atoms with E-state index in [2.05, 4.69) is 116 Å². The van der Waals surface area contributed by atoms with Gasteiger partial charge in [-0.25, -0.2) is 0 Å². The molecule has 65 heavy (non-hydrogen) atoms. The molecule has 4 unspecified atom stereocenters. The standard InChI is InChI=1S/C63H113NSi/c1-12-14-16-18-20-22-24-26-28-30-32-34-36-38-40-44-48-63(49-45-41-39-37-35-33-31-29-27-25-23-21-19-17-15-13-2)58-47-43-42-46-54(58)56-51-57-55(52-59(56)63)53(3)50-60(57)65(10,11)64(61(4,5)6)62(7,8)9/h42-43,46-47,51-53,55,57,60H,12-41,44-45,48-50H2,1-11H3. The minimum Gasteiger partial charge on any atom is -0.314 e. The van der Waals surface area contributed by atoms with Crippen LogP contribution in [0.3, 0.4) is 0 Å². The molecule has 1 nitrogen and oxygen atoms in total. The van der Waals surface area contributed by atoms with E-state index < -0.39 is 8.24 Å². The molecule has 0 amide bonds. The van der Waals surface area contributed by atoms with E-state index in [1.807, 2.05) is 0 Å². The molecule has 4 atom stereocenters. The average molecular weight is 913 g/mol. The van der Waals surface area contributed by atoms with Gasteiger partial charge in [0.2, 0.25) is 0 Å². The number of unbranched alkanes of at least 4 members (excludes halogenated alkanes) is 30. The van der Waals surface area contributed by atoms with Crippen LogP contribution >= 0.6 is 0 Å². The summed E-state index contributed by atoms with van der Waals surface area (Å²) in [7, 11) is -1.84. The Morgan fingerprint density at radius 1 is 0.492 bits per heavy atom. The molecule has 374 valence electrons. The molecule has 0 aromatic heterocycles. The van der Waals surface area contributed by atoms with Crippen LogP contribution in [-0.2, 0) is 5.41 Å². The number of rotatable bonds is 36. The fourth-order valence-corrected chi connectivity index (χ4v) is 20.6. The summed E-state index contributed by atoms with van der Waals surface area (Å²) in [6, 6.07) is 9.87. The fraction of sp³-hybridized carbons (Fsp3) is 0.841. The monoisotopic (exact) mass is 912 g/mol. The number of benzene rings is 1. The molecule has 1 saturated carbocycles. The predicted octanol–water partition coefficient (Wildman–Crippen LogP) is 21.3. The maximum atomic E-state index is 3.02. The van der Waals surface area contributed by atoms with Crippen LogP contribution in [0.15, 0.2) is 42.0 Å². The van der Waals surface area contributed by atoms with Gasteiger partial charge in [0, 0.05) is 16.5 Å². The van der Waals surface area contributed by atoms with Crippen LogP contribution in [-0.4, -0.2) is 23.9 Å². The third-order valence-electron chi connectivity index (χ3n) is 17.2. The summed E-state index contributed by atoms with van der Waals surface area (Å²) in [5, 5.41) is 0. The maximum absolute atomic E-state index is 3.02. The molecular weight excluding hydrogens is 799 g/mol. The van der Waals surface area contributed by atoms with Gasteiger partial charge in [0.25, 0.3) is 0 Å². The summed E-state index contributed by atoms with van der Waals surface area (Å²) in [5.74, 6) is 2.08. The van der Waals surface area contributed by atoms with Crippen LogP contribution in [0.2, 0.25) is 18.6 Å². The van der Waals surface area contributed by atoms with Gasteiger partial charge in [-0.3, -0.25) is 0 Å². The Balaban J connectivity index is 1.37. The lowest BCUT2D eigenvalue weighted by Crippen LogP contribution is -2.67. The van der Waals surface area contributed by atoms with Crippen LogP contribution < -0.4 is 0 Å². The molecule has 4 rings (SSSR count). The van der Waals surface area contributed by atoms with E-state index in [9.17, 15) is 0 Å². The van der Waals surface area contributed by atoms with Gasteiger partial charge in [-0.05, 0) is 106 Å². The number of fused-ring (bicyclic) bond motifs is 4. The second kappa shape index (κ2) is 29.2. The lowest BCUT2D eigenvalue weighted by Gasteiger charge is -2.57. The fourth-order valence-electron chi connectivity index (χ4n) is 14.6. The SMILES string of the molecule is CCCCCCCCCCCCCCCCCCC1(CCCCCCCCCCCCCCCCCC)C2=CC3C(C)CC([Si](C)(C)N(C(C)(C)C)C(C)(C)C)C3C=C2c2ccccc21. The Morgan fingerprint density at radius 2 is 0.846 bits per heavy atom. The molecule has 3 aliphatic rings. The van der Waals surface area contributed by atoms with E-state index in [0.29, 0.717) is 11.8 Å². The van der Waals surface area contributed by atoms with Crippen LogP contribution in [0.5, 0.6) is 0 Å². The molecule has 0 bridgehead atoms. The minimum atomic E-state index is -1.84. The molecule has 2 heteroatoms. The first kappa shape index (κ1) is 56.5. The van der Waals surface area contributed by atoms with Gasteiger partial charge in [0.15, 0.2) is 0 Å². The highest BCUT2D eigenvalue weighted by Crippen LogP contribution is 2.63. The molecule has 1 aromatic carbocycles. The van der Waals surface area contributed by atoms with Crippen molar-refractivity contribution in [3.8, 4) is 0 Å². The zero-order chi connectivity index (χ0) is 47.2. The van der Waals surface area contributed by atoms with Crippen molar-refractivity contribution < 1.29 is 0 Å². The molecule has 1 fully saturated rings. The summed E-state index contributed by atoms with van der Waals surface area (Å²) in [6.45, 7) is 27.7. The number of hydrogen-bond acceptors (Lipinski definition) is 1. The zero-order valence-electron chi connectivity index (χ0n) is 46.0. The molecule has 1 aromatic rings. The third-order valence-corrected chi connectivity index (χ3v) is 22.1. The second-order valence-electron chi connectivity index (χ2n) is 25.2. The molecule has 0 saturated heterocycles. The molecule has 0 N–H and O–H groups in total. The lowest BCUT2D eigenvalue weighted by atomic mass is 9.67. The van der Waals surface area contributed by atoms with Crippen LogP contribution in [0.25, 0.3) is 5.57 Å². The smallest absolute Gasteiger partial charge is 0.126 e. The lowest BCUT2D eigenvalue weighted by molar-refractivity contribution is 0.122. The molecule has 3 aliphatic carbocycles. The Hall–Kier alpha value is -1.12. The quantitative estimate of drug-likeness (QED) is 0.0479. The van der Waals surface area contributed by atoms with Crippen molar-refractivity contribution in [2.45, 2.75) is 322 Å². The van der Waals surface area contributed by atoms with Crippen LogP contribution in [0, 0.1) is 17.8 Å². The van der Waals surface area contributed by atoms with Gasteiger partial charge in [-0.1, -0.05) is 276 Å². The Kier molecular flexibility index (Phi) is 25.3. The van der Waals surface area contributed by atoms with Crippen molar-refractivity contribution in [1.29, 1.82) is 0 Å². The maximum Gasteiger partial charge on any atom is 0.126 e. The van der Waals surface area contributed by atoms with E-state index in [1.165, 1.54) is 225 Å². The largest absolute Gasteiger partial charge is 0.314 e. The summed E-state index contributed by atoms with van der Waals surface area (Å²) < 4.78 is 3.02. The number of allylic oxidation sites excluding steroid dienone is 4. The van der Waals surface area contributed by atoms with Gasteiger partial charge in [0.05, 0.1) is 0 Å². The molecule has 0 heterocycles. The first-order valence-electron chi connectivity index (χ1n) is 29.5. The highest BCUT2D eigenvalue weighted by molar-refractivity contribution is 6.76. The Bertz CT molecular complexity index is 1430. The number of nitrogens with zero attached hydrogens (tertiary/aromatic N) is 1. The van der Waals surface area contributed by atoms with Crippen molar-refractivity contribution in [2.75, 3.05) is 0 Å². The van der Waals surface area contributed by atoms with E-state index >= 15 is 0 Å². The zero-order valence-corrected chi connectivity index (χ0v) is 47.0. The first-order valence-corrected chi connectivity index (χ1v) is 32.6. The molecule has 0 spiro atoms. The van der Waals surface area contributed by atoms with E-state index in [1.54, 1.807) is 22.3 Å². The third kappa shape index (κ3) is 17.4. The van der Waals surface area contributed by atoms with Crippen molar-refractivity contribution in [3.05, 3.63) is 53.1 Å². The first-order chi connectivity index (χ1) is 31.2. The summed E-state index contributed by atoms with van der Waals surface area (Å²) in [5.41, 5.74) is 8.04. The highest BCUT2D eigenvalue weighted by Gasteiger charge is 2.56. The van der Waals surface area contributed by atoms with Gasteiger partial charge >= 0.3 is 0 Å². The van der Waals surface area contributed by atoms with Gasteiger partial charge in [-0.2, -0.15) is 0 Å². The van der Waals surface area contributed by atoms with Gasteiger partial charge in [0.1, 0.15) is 8.24 Å². The molecule has 0 radical (unpaired) electrons. The summed E-state index contributed by atoms with van der Waals surface area (Å²) in [6.07, 6.45) is 56.1. The topological polar surface area (TPSA) is 3.24 Å². The van der Waals surface area contributed by atoms with Crippen molar-refractivity contribution >= 4 is 13.8 Å². The number of hydrogen-bond donors (Lipinski definition) is 0. The molecular formula is C63H113NSi. The summed E-state index contributed by atoms with van der Waals surface area (Å²) >= 11 is 0. The average Bonchev–Trinajstić information content (AvgIpc) is 3.72. The van der Waals surface area contributed by atoms with Gasteiger partial charge in [-0.15, -0.1) is 0 Å². The van der Waals surface area contributed by atoms with E-state index in [4.69, 9.17) is 0 Å². The van der Waals surface area contributed by atoms with E-state index in [-0.39, 0.29) is 16.5 Å². The molecule has 0 aliphatic heterocycles. The van der Waals surface area contributed by atoms with Crippen LogP contribution in [0.4, 0.5) is 0 Å². The van der Waals surface area contributed by atoms with Crippen molar-refractivity contribution in [2.24, 2.45) is 17.8 Å². The van der Waals surface area contributed by atoms with Crippen molar-refractivity contribution in [3.63, 3.8) is 0 Å². The highest BCUT2D eigenvalue weighted by atomic mass is 28.3. The Labute approximate surface area is 409 Å². The van der Waals surface area contributed by atoms with E-state index in [0.717, 1.165) is 11.5 Å². The minimum absolute atomic E-state index is 0.160. The van der Waals surface area contributed by atoms with Crippen LogP contribution in [0.1, 0.15) is 298 Å². The summed E-state index contributed by atoms with van der Waals surface area (Å²) in [4.78, 5) is 0. The normalized spacial score (nSPS) is 20.6. The van der Waals surface area contributed by atoms with Crippen molar-refractivity contribution in [1.82, 2.24) is 4.57 Å². The van der Waals surface area contributed by atoms with Gasteiger partial charge < -0.3 is 4.57 Å². The predicted molar refractivity (Wildman–Crippen MR) is 296 cm³/mol.